The van der Waals surface area contributed by atoms with Crippen LogP contribution in [0, 0.1) is 0 Å². The van der Waals surface area contributed by atoms with Crippen LogP contribution in [0.2, 0.25) is 0 Å². The maximum atomic E-state index is 10.8. The van der Waals surface area contributed by atoms with Gasteiger partial charge in [-0.25, -0.2) is 0 Å². The number of hydrogen-bond acceptors (Lipinski definition) is 3. The second-order valence-electron chi connectivity index (χ2n) is 2.37. The van der Waals surface area contributed by atoms with Crippen LogP contribution in [-0.2, 0) is 14.4 Å². The van der Waals surface area contributed by atoms with E-state index in [1.165, 1.54) is 0 Å². The van der Waals surface area contributed by atoms with E-state index in [-0.39, 0.29) is 6.54 Å². The number of nitrogens with zero attached hydrogens (tertiary/aromatic N) is 1. The van der Waals surface area contributed by atoms with Crippen LogP contribution < -0.4 is 5.32 Å². The van der Waals surface area contributed by atoms with Crippen LogP contribution >= 0.6 is 0 Å². The molecule has 0 spiro atoms. The van der Waals surface area contributed by atoms with E-state index in [0.29, 0.717) is 6.41 Å². The van der Waals surface area contributed by atoms with Crippen molar-refractivity contribution in [1.82, 2.24) is 10.2 Å². The van der Waals surface area contributed by atoms with Gasteiger partial charge >= 0.3 is 0 Å². The average molecular weight is 156 g/mol. The van der Waals surface area contributed by atoms with Gasteiger partial charge in [0.2, 0.25) is 18.2 Å². The Hall–Kier alpha value is -1.39. The number of hydrogen-bond donors (Lipinski definition) is 1. The number of carbonyl (C=O) groups excluding carboxylic acids is 3. The molecule has 60 valence electrons. The molecular weight excluding hydrogens is 148 g/mol. The van der Waals surface area contributed by atoms with Gasteiger partial charge in [-0.2, -0.15) is 0 Å². The van der Waals surface area contributed by atoms with Crippen LogP contribution in [0.1, 0.15) is 6.92 Å². The standard InChI is InChI=1S/C6H8N2O3/c1-4-6(11)7-5(10)2-8(4)3-9/h3-4H,2H2,1H3,(H,7,10,11). The molecule has 0 aromatic rings. The normalized spacial score (nSPS) is 24.8. The van der Waals surface area contributed by atoms with Gasteiger partial charge in [-0.05, 0) is 6.92 Å². The van der Waals surface area contributed by atoms with Crippen LogP contribution in [0.25, 0.3) is 0 Å². The Balaban J connectivity index is 2.73. The third-order valence-corrected chi connectivity index (χ3v) is 1.60. The largest absolute Gasteiger partial charge is 0.324 e. The summed E-state index contributed by atoms with van der Waals surface area (Å²) in [5.41, 5.74) is 0. The van der Waals surface area contributed by atoms with Crippen LogP contribution in [-0.4, -0.2) is 35.7 Å². The van der Waals surface area contributed by atoms with Crippen molar-refractivity contribution in [3.63, 3.8) is 0 Å². The lowest BCUT2D eigenvalue weighted by Crippen LogP contribution is -2.56. The summed E-state index contributed by atoms with van der Waals surface area (Å²) in [6.45, 7) is 1.53. The Bertz CT molecular complexity index is 214. The highest BCUT2D eigenvalue weighted by Gasteiger charge is 2.28. The summed E-state index contributed by atoms with van der Waals surface area (Å²) in [4.78, 5) is 32.9. The molecule has 0 bridgehead atoms. The molecule has 1 fully saturated rings. The van der Waals surface area contributed by atoms with Crippen LogP contribution in [0.15, 0.2) is 0 Å². The van der Waals surface area contributed by atoms with Gasteiger partial charge in [-0.1, -0.05) is 0 Å². The fourth-order valence-corrected chi connectivity index (χ4v) is 0.863. The molecule has 1 saturated heterocycles. The summed E-state index contributed by atoms with van der Waals surface area (Å²) in [6, 6.07) is -0.537. The fraction of sp³-hybridized carbons (Fsp3) is 0.500. The van der Waals surface area contributed by atoms with Crippen molar-refractivity contribution in [1.29, 1.82) is 0 Å². The lowest BCUT2D eigenvalue weighted by Gasteiger charge is -2.27. The summed E-state index contributed by atoms with van der Waals surface area (Å²) in [7, 11) is 0. The predicted octanol–water partition coefficient (Wildman–Crippen LogP) is -1.51. The lowest BCUT2D eigenvalue weighted by atomic mass is 10.2. The Kier molecular flexibility index (Phi) is 1.89. The van der Waals surface area contributed by atoms with E-state index in [4.69, 9.17) is 0 Å². The highest BCUT2D eigenvalue weighted by molar-refractivity contribution is 6.02. The van der Waals surface area contributed by atoms with Gasteiger partial charge in [0.15, 0.2) is 0 Å². The second kappa shape index (κ2) is 2.69. The number of piperazine rings is 1. The number of amides is 3. The quantitative estimate of drug-likeness (QED) is 0.370. The van der Waals surface area contributed by atoms with Gasteiger partial charge in [-0.15, -0.1) is 0 Å². The molecule has 3 amide bonds. The van der Waals surface area contributed by atoms with Gasteiger partial charge in [-0.3, -0.25) is 19.7 Å². The summed E-state index contributed by atoms with van der Waals surface area (Å²) >= 11 is 0. The van der Waals surface area contributed by atoms with Crippen LogP contribution in [0.4, 0.5) is 0 Å². The van der Waals surface area contributed by atoms with E-state index in [9.17, 15) is 14.4 Å². The molecule has 0 saturated carbocycles. The first kappa shape index (κ1) is 7.71. The molecule has 1 heterocycles. The van der Waals surface area contributed by atoms with Crippen molar-refractivity contribution >= 4 is 18.2 Å². The molecule has 1 atom stereocenters. The molecule has 5 heteroatoms. The van der Waals surface area contributed by atoms with Gasteiger partial charge in [0, 0.05) is 0 Å². The predicted molar refractivity (Wildman–Crippen MR) is 35.4 cm³/mol. The highest BCUT2D eigenvalue weighted by Crippen LogP contribution is 2.00. The second-order valence-corrected chi connectivity index (χ2v) is 2.37. The monoisotopic (exact) mass is 156 g/mol. The zero-order valence-electron chi connectivity index (χ0n) is 6.03. The zero-order chi connectivity index (χ0) is 8.43. The number of imide groups is 1. The van der Waals surface area contributed by atoms with E-state index in [0.717, 1.165) is 4.90 Å². The molecule has 0 aromatic heterocycles. The van der Waals surface area contributed by atoms with Gasteiger partial charge in [0.05, 0.1) is 0 Å². The zero-order valence-corrected chi connectivity index (χ0v) is 6.03. The highest BCUT2D eigenvalue weighted by atomic mass is 16.2. The Morgan fingerprint density at radius 1 is 1.64 bits per heavy atom. The number of rotatable bonds is 1. The van der Waals surface area contributed by atoms with Crippen molar-refractivity contribution in [3.05, 3.63) is 0 Å². The van der Waals surface area contributed by atoms with Crippen molar-refractivity contribution in [3.8, 4) is 0 Å². The SMILES string of the molecule is CC1C(=O)NC(=O)CN1C=O. The number of nitrogens with one attached hydrogen (secondary N) is 1. The minimum Gasteiger partial charge on any atom is -0.324 e. The van der Waals surface area contributed by atoms with E-state index in [1.54, 1.807) is 6.92 Å². The maximum absolute atomic E-state index is 10.8. The smallest absolute Gasteiger partial charge is 0.249 e. The molecule has 1 rings (SSSR count). The Morgan fingerprint density at radius 2 is 2.27 bits per heavy atom. The Morgan fingerprint density at radius 3 is 2.82 bits per heavy atom. The van der Waals surface area contributed by atoms with Crippen molar-refractivity contribution in [2.45, 2.75) is 13.0 Å². The molecule has 11 heavy (non-hydrogen) atoms. The van der Waals surface area contributed by atoms with Gasteiger partial charge in [0.25, 0.3) is 0 Å². The van der Waals surface area contributed by atoms with Crippen molar-refractivity contribution < 1.29 is 14.4 Å². The molecular formula is C6H8N2O3. The molecule has 1 aliphatic heterocycles. The van der Waals surface area contributed by atoms with Crippen molar-refractivity contribution in [2.24, 2.45) is 0 Å². The molecule has 0 radical (unpaired) electrons. The van der Waals surface area contributed by atoms with Crippen molar-refractivity contribution in [2.75, 3.05) is 6.54 Å². The maximum Gasteiger partial charge on any atom is 0.249 e. The third-order valence-electron chi connectivity index (χ3n) is 1.60. The van der Waals surface area contributed by atoms with E-state index in [2.05, 4.69) is 5.32 Å². The molecule has 0 aromatic carbocycles. The van der Waals surface area contributed by atoms with E-state index < -0.39 is 17.9 Å². The fourth-order valence-electron chi connectivity index (χ4n) is 0.863. The number of carbonyl (C=O) groups is 3. The molecule has 1 aliphatic rings. The minimum atomic E-state index is -0.537. The lowest BCUT2D eigenvalue weighted by molar-refractivity contribution is -0.144. The minimum absolute atomic E-state index is 0.0313. The Labute approximate surface area is 63.4 Å². The topological polar surface area (TPSA) is 66.5 Å². The summed E-state index contributed by atoms with van der Waals surface area (Å²) in [6.07, 6.45) is 0.501. The first-order valence-corrected chi connectivity index (χ1v) is 3.20. The summed E-state index contributed by atoms with van der Waals surface area (Å²) in [5.74, 6) is -0.853. The molecule has 1 unspecified atom stereocenters. The van der Waals surface area contributed by atoms with E-state index >= 15 is 0 Å². The molecule has 0 aliphatic carbocycles. The summed E-state index contributed by atoms with van der Waals surface area (Å²) < 4.78 is 0. The van der Waals surface area contributed by atoms with E-state index in [1.807, 2.05) is 0 Å². The third kappa shape index (κ3) is 1.36. The first-order chi connectivity index (χ1) is 5.15. The molecule has 5 nitrogen and oxygen atoms in total. The van der Waals surface area contributed by atoms with Gasteiger partial charge in [0.1, 0.15) is 12.6 Å². The van der Waals surface area contributed by atoms with Crippen LogP contribution in [0.3, 0.4) is 0 Å². The molecule has 1 N–H and O–H groups in total. The van der Waals surface area contributed by atoms with Crippen LogP contribution in [0.5, 0.6) is 0 Å². The van der Waals surface area contributed by atoms with Gasteiger partial charge < -0.3 is 4.90 Å². The summed E-state index contributed by atoms with van der Waals surface area (Å²) in [5, 5.41) is 2.11. The first-order valence-electron chi connectivity index (χ1n) is 3.20. The average Bonchev–Trinajstić information content (AvgIpc) is 1.96.